The van der Waals surface area contributed by atoms with E-state index in [1.807, 2.05) is 0 Å². The zero-order valence-electron chi connectivity index (χ0n) is 13.5. The van der Waals surface area contributed by atoms with E-state index in [9.17, 15) is 8.42 Å². The Bertz CT molecular complexity index is 1010. The summed E-state index contributed by atoms with van der Waals surface area (Å²) in [5.74, 6) is 0.726. The Kier molecular flexibility index (Phi) is 4.69. The van der Waals surface area contributed by atoms with Crippen molar-refractivity contribution >= 4 is 27.3 Å². The number of nitrogens with one attached hydrogen (secondary N) is 1. The summed E-state index contributed by atoms with van der Waals surface area (Å²) in [5.41, 5.74) is 1.76. The molecule has 25 heavy (non-hydrogen) atoms. The minimum atomic E-state index is -3.85. The number of rotatable bonds is 5. The predicted molar refractivity (Wildman–Crippen MR) is 95.5 cm³/mol. The van der Waals surface area contributed by atoms with E-state index in [0.717, 1.165) is 5.69 Å². The van der Waals surface area contributed by atoms with E-state index in [1.54, 1.807) is 43.3 Å². The molecule has 0 radical (unpaired) electrons. The summed E-state index contributed by atoms with van der Waals surface area (Å²) < 4.78 is 38.3. The van der Waals surface area contributed by atoms with E-state index in [0.29, 0.717) is 22.0 Å². The summed E-state index contributed by atoms with van der Waals surface area (Å²) in [4.78, 5) is 0.00922. The topological polar surface area (TPSA) is 81.4 Å². The number of anilines is 1. The third kappa shape index (κ3) is 3.78. The molecule has 0 atom stereocenters. The lowest BCUT2D eigenvalue weighted by atomic mass is 10.1. The highest BCUT2D eigenvalue weighted by molar-refractivity contribution is 7.92. The standard InChI is InChI=1S/C17H15ClN2O4S/c1-11-8-15(24-19-11)12-6-7-17(16(9-12)23-2)25(21,22)20-14-5-3-4-13(18)10-14/h3-10,20H,1-2H3. The first-order chi connectivity index (χ1) is 11.9. The van der Waals surface area contributed by atoms with Gasteiger partial charge in [0.25, 0.3) is 10.0 Å². The summed E-state index contributed by atoms with van der Waals surface area (Å²) in [6.45, 7) is 1.80. The SMILES string of the molecule is COc1cc(-c2cc(C)no2)ccc1S(=O)(=O)Nc1cccc(Cl)c1. The van der Waals surface area contributed by atoms with Gasteiger partial charge in [-0.3, -0.25) is 4.72 Å². The maximum Gasteiger partial charge on any atom is 0.265 e. The maximum atomic E-state index is 12.7. The highest BCUT2D eigenvalue weighted by Crippen LogP contribution is 2.31. The summed E-state index contributed by atoms with van der Waals surface area (Å²) in [6.07, 6.45) is 0. The molecule has 6 nitrogen and oxygen atoms in total. The van der Waals surface area contributed by atoms with Gasteiger partial charge in [-0.2, -0.15) is 0 Å². The predicted octanol–water partition coefficient (Wildman–Crippen LogP) is 4.11. The van der Waals surface area contributed by atoms with Crippen LogP contribution in [0.25, 0.3) is 11.3 Å². The fraction of sp³-hybridized carbons (Fsp3) is 0.118. The van der Waals surface area contributed by atoms with Gasteiger partial charge in [0.05, 0.1) is 18.5 Å². The molecule has 1 N–H and O–H groups in total. The molecule has 0 saturated heterocycles. The van der Waals surface area contributed by atoms with E-state index in [4.69, 9.17) is 20.9 Å². The van der Waals surface area contributed by atoms with E-state index in [1.165, 1.54) is 19.2 Å². The molecule has 3 rings (SSSR count). The molecule has 8 heteroatoms. The minimum absolute atomic E-state index is 0.00922. The van der Waals surface area contributed by atoms with Crippen LogP contribution in [0.1, 0.15) is 5.69 Å². The van der Waals surface area contributed by atoms with Crippen LogP contribution in [-0.2, 0) is 10.0 Å². The number of aromatic nitrogens is 1. The molecule has 0 aliphatic rings. The Morgan fingerprint density at radius 2 is 1.96 bits per heavy atom. The lowest BCUT2D eigenvalue weighted by Crippen LogP contribution is -2.14. The number of aryl methyl sites for hydroxylation is 1. The number of ether oxygens (including phenoxy) is 1. The van der Waals surface area contributed by atoms with Crippen LogP contribution in [0.4, 0.5) is 5.69 Å². The van der Waals surface area contributed by atoms with Gasteiger partial charge >= 0.3 is 0 Å². The Morgan fingerprint density at radius 3 is 2.60 bits per heavy atom. The number of halogens is 1. The smallest absolute Gasteiger partial charge is 0.265 e. The minimum Gasteiger partial charge on any atom is -0.495 e. The number of nitrogens with zero attached hydrogens (tertiary/aromatic N) is 1. The van der Waals surface area contributed by atoms with Gasteiger partial charge in [-0.05, 0) is 43.3 Å². The van der Waals surface area contributed by atoms with Gasteiger partial charge < -0.3 is 9.26 Å². The maximum absolute atomic E-state index is 12.7. The molecular formula is C17H15ClN2O4S. The van der Waals surface area contributed by atoms with Crippen LogP contribution in [-0.4, -0.2) is 20.7 Å². The zero-order valence-corrected chi connectivity index (χ0v) is 15.1. The lowest BCUT2D eigenvalue weighted by molar-refractivity contribution is 0.402. The Morgan fingerprint density at radius 1 is 1.16 bits per heavy atom. The number of benzene rings is 2. The molecule has 0 aliphatic carbocycles. The summed E-state index contributed by atoms with van der Waals surface area (Å²) >= 11 is 5.89. The second-order valence-electron chi connectivity index (χ2n) is 5.31. The largest absolute Gasteiger partial charge is 0.495 e. The molecule has 1 aromatic heterocycles. The van der Waals surface area contributed by atoms with E-state index in [-0.39, 0.29) is 10.6 Å². The first-order valence-electron chi connectivity index (χ1n) is 7.29. The average Bonchev–Trinajstić information content (AvgIpc) is 3.00. The van der Waals surface area contributed by atoms with E-state index < -0.39 is 10.0 Å². The van der Waals surface area contributed by atoms with Crippen molar-refractivity contribution in [1.29, 1.82) is 0 Å². The van der Waals surface area contributed by atoms with Crippen LogP contribution < -0.4 is 9.46 Å². The Hall–Kier alpha value is -2.51. The lowest BCUT2D eigenvalue weighted by Gasteiger charge is -2.12. The fourth-order valence-corrected chi connectivity index (χ4v) is 3.70. The van der Waals surface area contributed by atoms with Crippen molar-refractivity contribution in [3.8, 4) is 17.1 Å². The molecule has 0 amide bonds. The van der Waals surface area contributed by atoms with Gasteiger partial charge in [-0.25, -0.2) is 8.42 Å². The normalized spacial score (nSPS) is 11.3. The van der Waals surface area contributed by atoms with Crippen molar-refractivity contribution in [1.82, 2.24) is 5.16 Å². The molecular weight excluding hydrogens is 364 g/mol. The van der Waals surface area contributed by atoms with Crippen LogP contribution >= 0.6 is 11.6 Å². The van der Waals surface area contributed by atoms with Gasteiger partial charge in [0.2, 0.25) is 0 Å². The molecule has 2 aromatic carbocycles. The summed E-state index contributed by atoms with van der Waals surface area (Å²) in [6, 6.07) is 12.9. The number of hydrogen-bond acceptors (Lipinski definition) is 5. The van der Waals surface area contributed by atoms with E-state index >= 15 is 0 Å². The molecule has 130 valence electrons. The third-order valence-corrected chi connectivity index (χ3v) is 5.10. The molecule has 0 saturated carbocycles. The van der Waals surface area contributed by atoms with Gasteiger partial charge in [-0.15, -0.1) is 0 Å². The monoisotopic (exact) mass is 378 g/mol. The van der Waals surface area contributed by atoms with Gasteiger partial charge in [0.15, 0.2) is 5.76 Å². The van der Waals surface area contributed by atoms with E-state index in [2.05, 4.69) is 9.88 Å². The Balaban J connectivity index is 1.98. The molecule has 0 fully saturated rings. The first-order valence-corrected chi connectivity index (χ1v) is 9.15. The molecule has 0 spiro atoms. The van der Waals surface area contributed by atoms with Crippen LogP contribution in [0, 0.1) is 6.92 Å². The second kappa shape index (κ2) is 6.78. The second-order valence-corrected chi connectivity index (χ2v) is 7.40. The average molecular weight is 379 g/mol. The molecule has 0 aliphatic heterocycles. The van der Waals surface area contributed by atoms with Crippen LogP contribution in [0.5, 0.6) is 5.75 Å². The zero-order chi connectivity index (χ0) is 18.0. The highest BCUT2D eigenvalue weighted by Gasteiger charge is 2.21. The van der Waals surface area contributed by atoms with Gasteiger partial charge in [0, 0.05) is 16.7 Å². The van der Waals surface area contributed by atoms with Crippen molar-refractivity contribution in [2.75, 3.05) is 11.8 Å². The molecule has 3 aromatic rings. The van der Waals surface area contributed by atoms with Crippen molar-refractivity contribution in [2.45, 2.75) is 11.8 Å². The van der Waals surface area contributed by atoms with Crippen LogP contribution in [0.15, 0.2) is 57.9 Å². The van der Waals surface area contributed by atoms with Crippen molar-refractivity contribution in [3.05, 3.63) is 59.2 Å². The van der Waals surface area contributed by atoms with Crippen LogP contribution in [0.2, 0.25) is 5.02 Å². The quantitative estimate of drug-likeness (QED) is 0.722. The number of methoxy groups -OCH3 is 1. The van der Waals surface area contributed by atoms with Crippen molar-refractivity contribution in [3.63, 3.8) is 0 Å². The molecule has 1 heterocycles. The number of sulfonamides is 1. The third-order valence-electron chi connectivity index (χ3n) is 3.44. The Labute approximate surface area is 150 Å². The van der Waals surface area contributed by atoms with Gasteiger partial charge in [0.1, 0.15) is 10.6 Å². The van der Waals surface area contributed by atoms with Gasteiger partial charge in [-0.1, -0.05) is 22.8 Å². The fourth-order valence-electron chi connectivity index (χ4n) is 2.30. The first kappa shape index (κ1) is 17.3. The van der Waals surface area contributed by atoms with Crippen molar-refractivity contribution < 1.29 is 17.7 Å². The highest BCUT2D eigenvalue weighted by atomic mass is 35.5. The van der Waals surface area contributed by atoms with Crippen LogP contribution in [0.3, 0.4) is 0 Å². The van der Waals surface area contributed by atoms with Crippen molar-refractivity contribution in [2.24, 2.45) is 0 Å². The number of hydrogen-bond donors (Lipinski definition) is 1. The summed E-state index contributed by atoms with van der Waals surface area (Å²) in [7, 11) is -2.44. The molecule has 0 unspecified atom stereocenters. The summed E-state index contributed by atoms with van der Waals surface area (Å²) in [5, 5.41) is 4.26. The molecule has 0 bridgehead atoms.